The van der Waals surface area contributed by atoms with Crippen LogP contribution in [0.5, 0.6) is 0 Å². The van der Waals surface area contributed by atoms with Crippen molar-refractivity contribution in [1.29, 1.82) is 0 Å². The number of aryl methyl sites for hydroxylation is 1. The van der Waals surface area contributed by atoms with Crippen molar-refractivity contribution in [2.24, 2.45) is 0 Å². The average molecular weight is 354 g/mol. The van der Waals surface area contributed by atoms with Crippen molar-refractivity contribution in [2.45, 2.75) is 20.4 Å². The van der Waals surface area contributed by atoms with Gasteiger partial charge in [-0.3, -0.25) is 4.68 Å². The number of hydrogen-bond donors (Lipinski definition) is 0. The number of benzene rings is 1. The van der Waals surface area contributed by atoms with E-state index in [0.717, 1.165) is 5.69 Å². The Bertz CT molecular complexity index is 890. The molecule has 0 aliphatic carbocycles. The first-order valence-electron chi connectivity index (χ1n) is 6.94. The van der Waals surface area contributed by atoms with Crippen LogP contribution >= 0.6 is 22.9 Å². The average Bonchev–Trinajstić information content (AvgIpc) is 3.02. The van der Waals surface area contributed by atoms with E-state index >= 15 is 0 Å². The fourth-order valence-corrected chi connectivity index (χ4v) is 3.39. The summed E-state index contributed by atoms with van der Waals surface area (Å²) in [5, 5.41) is 4.23. The number of nitrogens with zero attached hydrogens (tertiary/aromatic N) is 3. The highest BCUT2D eigenvalue weighted by Crippen LogP contribution is 2.29. The molecule has 0 aliphatic rings. The van der Waals surface area contributed by atoms with Gasteiger partial charge in [-0.05, 0) is 32.0 Å². The molecule has 0 saturated carbocycles. The molecule has 23 heavy (non-hydrogen) atoms. The molecule has 0 fully saturated rings. The van der Waals surface area contributed by atoms with E-state index in [4.69, 9.17) is 16.3 Å². The van der Waals surface area contributed by atoms with Gasteiger partial charge in [-0.2, -0.15) is 5.10 Å². The molecular weight excluding hydrogens is 341 g/mol. The minimum absolute atomic E-state index is 0.230. The fourth-order valence-electron chi connectivity index (χ4n) is 2.29. The van der Waals surface area contributed by atoms with Gasteiger partial charge in [0, 0.05) is 11.3 Å². The predicted molar refractivity (Wildman–Crippen MR) is 86.6 cm³/mol. The lowest BCUT2D eigenvalue weighted by Crippen LogP contribution is -2.09. The van der Waals surface area contributed by atoms with Crippen LogP contribution in [0.3, 0.4) is 0 Å². The van der Waals surface area contributed by atoms with Gasteiger partial charge in [0.1, 0.15) is 5.82 Å². The summed E-state index contributed by atoms with van der Waals surface area (Å²) in [6.07, 6.45) is 0. The molecule has 0 bridgehead atoms. The number of aromatic nitrogens is 3. The molecule has 0 saturated heterocycles. The predicted octanol–water partition coefficient (Wildman–Crippen LogP) is 3.82. The zero-order valence-electron chi connectivity index (χ0n) is 12.5. The normalized spacial score (nSPS) is 11.1. The highest BCUT2D eigenvalue weighted by atomic mass is 35.5. The monoisotopic (exact) mass is 353 g/mol. The van der Waals surface area contributed by atoms with Crippen LogP contribution in [-0.4, -0.2) is 27.3 Å². The molecular formula is C15H13ClFN3O2S. The Morgan fingerprint density at radius 1 is 1.43 bits per heavy atom. The summed E-state index contributed by atoms with van der Waals surface area (Å²) in [7, 11) is 0. The van der Waals surface area contributed by atoms with E-state index in [-0.39, 0.29) is 18.1 Å². The standard InChI is InChI=1S/C15H13ClFN3O2S/c1-3-22-14(21)11-4-8(2)20(19-11)7-9-5-10(17)6-12-13(9)18-15(16)23-12/h4-6H,3,7H2,1-2H3. The fraction of sp³-hybridized carbons (Fsp3) is 0.267. The van der Waals surface area contributed by atoms with E-state index < -0.39 is 5.97 Å². The number of hydrogen-bond acceptors (Lipinski definition) is 5. The maximum atomic E-state index is 13.8. The van der Waals surface area contributed by atoms with Crippen LogP contribution < -0.4 is 0 Å². The highest BCUT2D eigenvalue weighted by molar-refractivity contribution is 7.22. The lowest BCUT2D eigenvalue weighted by Gasteiger charge is -2.06. The molecule has 0 aliphatic heterocycles. The second-order valence-corrected chi connectivity index (χ2v) is 6.54. The van der Waals surface area contributed by atoms with Gasteiger partial charge in [0.25, 0.3) is 0 Å². The topological polar surface area (TPSA) is 57.0 Å². The first-order chi connectivity index (χ1) is 11.0. The van der Waals surface area contributed by atoms with Crippen LogP contribution in [0.1, 0.15) is 28.7 Å². The maximum Gasteiger partial charge on any atom is 0.358 e. The second-order valence-electron chi connectivity index (χ2n) is 4.93. The number of thiazole rings is 1. The van der Waals surface area contributed by atoms with Crippen molar-refractivity contribution < 1.29 is 13.9 Å². The summed E-state index contributed by atoms with van der Waals surface area (Å²) >= 11 is 7.15. The highest BCUT2D eigenvalue weighted by Gasteiger charge is 2.16. The minimum Gasteiger partial charge on any atom is -0.461 e. The summed E-state index contributed by atoms with van der Waals surface area (Å²) in [6.45, 7) is 4.13. The van der Waals surface area contributed by atoms with Gasteiger partial charge >= 0.3 is 5.97 Å². The third-order valence-electron chi connectivity index (χ3n) is 3.30. The molecule has 0 amide bonds. The summed E-state index contributed by atoms with van der Waals surface area (Å²) < 4.78 is 21.4. The van der Waals surface area contributed by atoms with Crippen molar-refractivity contribution >= 4 is 39.1 Å². The SMILES string of the molecule is CCOC(=O)c1cc(C)n(Cc2cc(F)cc3sc(Cl)nc23)n1. The van der Waals surface area contributed by atoms with Crippen LogP contribution in [0.4, 0.5) is 4.39 Å². The molecule has 0 radical (unpaired) electrons. The lowest BCUT2D eigenvalue weighted by atomic mass is 10.2. The van der Waals surface area contributed by atoms with Crippen molar-refractivity contribution in [3.05, 3.63) is 45.4 Å². The minimum atomic E-state index is -0.476. The van der Waals surface area contributed by atoms with Gasteiger partial charge in [0.15, 0.2) is 10.2 Å². The van der Waals surface area contributed by atoms with E-state index in [1.54, 1.807) is 17.7 Å². The van der Waals surface area contributed by atoms with Crippen LogP contribution in [0.25, 0.3) is 10.2 Å². The van der Waals surface area contributed by atoms with Gasteiger partial charge in [-0.25, -0.2) is 14.2 Å². The first-order valence-corrected chi connectivity index (χ1v) is 8.13. The molecule has 0 atom stereocenters. The van der Waals surface area contributed by atoms with Gasteiger partial charge in [-0.1, -0.05) is 11.6 Å². The Morgan fingerprint density at radius 2 is 2.22 bits per heavy atom. The van der Waals surface area contributed by atoms with E-state index in [0.29, 0.717) is 26.8 Å². The molecule has 5 nitrogen and oxygen atoms in total. The molecule has 2 heterocycles. The third kappa shape index (κ3) is 3.20. The third-order valence-corrected chi connectivity index (χ3v) is 4.41. The smallest absolute Gasteiger partial charge is 0.358 e. The Balaban J connectivity index is 1.98. The summed E-state index contributed by atoms with van der Waals surface area (Å²) in [5.74, 6) is -0.835. The number of fused-ring (bicyclic) bond motifs is 1. The molecule has 1 aromatic carbocycles. The van der Waals surface area contributed by atoms with Crippen LogP contribution in [0, 0.1) is 12.7 Å². The number of rotatable bonds is 4. The van der Waals surface area contributed by atoms with Crippen molar-refractivity contribution in [1.82, 2.24) is 14.8 Å². The Morgan fingerprint density at radius 3 is 2.96 bits per heavy atom. The second kappa shape index (κ2) is 6.25. The van der Waals surface area contributed by atoms with E-state index in [1.807, 2.05) is 6.92 Å². The van der Waals surface area contributed by atoms with Crippen LogP contribution in [-0.2, 0) is 11.3 Å². The summed E-state index contributed by atoms with van der Waals surface area (Å²) in [6, 6.07) is 4.45. The van der Waals surface area contributed by atoms with Crippen LogP contribution in [0.2, 0.25) is 4.47 Å². The van der Waals surface area contributed by atoms with Crippen molar-refractivity contribution in [2.75, 3.05) is 6.61 Å². The van der Waals surface area contributed by atoms with E-state index in [1.165, 1.54) is 23.5 Å². The van der Waals surface area contributed by atoms with Gasteiger partial charge in [0.05, 0.1) is 23.4 Å². The van der Waals surface area contributed by atoms with E-state index in [2.05, 4.69) is 10.1 Å². The molecule has 2 aromatic heterocycles. The summed E-state index contributed by atoms with van der Waals surface area (Å²) in [5.41, 5.74) is 2.30. The maximum absolute atomic E-state index is 13.8. The van der Waals surface area contributed by atoms with Crippen molar-refractivity contribution in [3.8, 4) is 0 Å². The summed E-state index contributed by atoms with van der Waals surface area (Å²) in [4.78, 5) is 16.0. The molecule has 0 spiro atoms. The molecule has 8 heteroatoms. The lowest BCUT2D eigenvalue weighted by molar-refractivity contribution is 0.0518. The number of ether oxygens (including phenoxy) is 1. The van der Waals surface area contributed by atoms with Gasteiger partial charge in [-0.15, -0.1) is 11.3 Å². The number of carbonyl (C=O) groups is 1. The quantitative estimate of drug-likeness (QED) is 0.669. The van der Waals surface area contributed by atoms with Crippen molar-refractivity contribution in [3.63, 3.8) is 0 Å². The Hall–Kier alpha value is -1.99. The zero-order valence-corrected chi connectivity index (χ0v) is 14.0. The van der Waals surface area contributed by atoms with Gasteiger partial charge < -0.3 is 4.74 Å². The molecule has 0 unspecified atom stereocenters. The van der Waals surface area contributed by atoms with Crippen LogP contribution in [0.15, 0.2) is 18.2 Å². The number of halogens is 2. The van der Waals surface area contributed by atoms with E-state index in [9.17, 15) is 9.18 Å². The first kappa shape index (κ1) is 15.9. The molecule has 0 N–H and O–H groups in total. The Kier molecular flexibility index (Phi) is 4.32. The zero-order chi connectivity index (χ0) is 16.6. The van der Waals surface area contributed by atoms with Gasteiger partial charge in [0.2, 0.25) is 0 Å². The number of esters is 1. The largest absolute Gasteiger partial charge is 0.461 e. The molecule has 3 aromatic rings. The number of carbonyl (C=O) groups excluding carboxylic acids is 1. The molecule has 120 valence electrons. The molecule has 3 rings (SSSR count). The Labute approximate surface area is 140 Å².